The van der Waals surface area contributed by atoms with E-state index in [9.17, 15) is 13.2 Å². The molecule has 0 fully saturated rings. The molecule has 0 unspecified atom stereocenters. The topological polar surface area (TPSA) is 66.1 Å². The molecule has 32 heavy (non-hydrogen) atoms. The molecule has 0 aliphatic carbocycles. The molecule has 2 heterocycles. The molecule has 0 spiro atoms. The van der Waals surface area contributed by atoms with Crippen molar-refractivity contribution in [2.24, 2.45) is 0 Å². The Hall–Kier alpha value is -3.59. The number of nitrogens with zero attached hydrogens (tertiary/aromatic N) is 3. The number of hydrogen-bond acceptors (Lipinski definition) is 5. The number of fused-ring (bicyclic) bond motifs is 1. The smallest absolute Gasteiger partial charge is 0.406 e. The van der Waals surface area contributed by atoms with E-state index in [0.29, 0.717) is 17.1 Å². The number of aromatic nitrogens is 3. The first kappa shape index (κ1) is 21.6. The number of halogens is 3. The summed E-state index contributed by atoms with van der Waals surface area (Å²) in [7, 11) is 4.00. The summed E-state index contributed by atoms with van der Waals surface area (Å²) >= 11 is 0. The van der Waals surface area contributed by atoms with Crippen molar-refractivity contribution in [3.63, 3.8) is 0 Å². The minimum Gasteiger partial charge on any atom is -0.406 e. The normalized spacial score (nSPS) is 11.8. The Labute approximate surface area is 183 Å². The van der Waals surface area contributed by atoms with Gasteiger partial charge in [-0.2, -0.15) is 0 Å². The fourth-order valence-corrected chi connectivity index (χ4v) is 3.38. The SMILES string of the molecule is CN(C)CCNc1cncc(-c2ccc3[nH]cc(-c4cccc(OC(F)(F)F)c4)c3c2)n1. The van der Waals surface area contributed by atoms with E-state index in [4.69, 9.17) is 0 Å². The fourth-order valence-electron chi connectivity index (χ4n) is 3.38. The average molecular weight is 441 g/mol. The second-order valence-corrected chi connectivity index (χ2v) is 7.56. The molecule has 6 nitrogen and oxygen atoms in total. The number of benzene rings is 2. The zero-order valence-electron chi connectivity index (χ0n) is 17.6. The first-order valence-corrected chi connectivity index (χ1v) is 9.97. The molecule has 166 valence electrons. The van der Waals surface area contributed by atoms with E-state index in [2.05, 4.69) is 29.9 Å². The summed E-state index contributed by atoms with van der Waals surface area (Å²) in [6, 6.07) is 11.7. The number of likely N-dealkylation sites (N-methyl/N-ethyl adjacent to an activating group) is 1. The van der Waals surface area contributed by atoms with E-state index >= 15 is 0 Å². The number of aromatic amines is 1. The quantitative estimate of drug-likeness (QED) is 0.415. The molecule has 0 saturated heterocycles. The van der Waals surface area contributed by atoms with E-state index in [1.807, 2.05) is 32.3 Å². The van der Waals surface area contributed by atoms with Crippen LogP contribution in [-0.2, 0) is 0 Å². The van der Waals surface area contributed by atoms with Gasteiger partial charge < -0.3 is 19.9 Å². The number of ether oxygens (including phenoxy) is 1. The highest BCUT2D eigenvalue weighted by molar-refractivity contribution is 5.97. The van der Waals surface area contributed by atoms with Crippen molar-refractivity contribution in [2.75, 3.05) is 32.5 Å². The predicted molar refractivity (Wildman–Crippen MR) is 118 cm³/mol. The summed E-state index contributed by atoms with van der Waals surface area (Å²) < 4.78 is 41.9. The first-order valence-electron chi connectivity index (χ1n) is 9.97. The maximum absolute atomic E-state index is 12.6. The second-order valence-electron chi connectivity index (χ2n) is 7.56. The Balaban J connectivity index is 1.65. The first-order chi connectivity index (χ1) is 15.3. The van der Waals surface area contributed by atoms with Gasteiger partial charge in [-0.3, -0.25) is 4.98 Å². The summed E-state index contributed by atoms with van der Waals surface area (Å²) in [6.45, 7) is 1.60. The van der Waals surface area contributed by atoms with Gasteiger partial charge in [0.2, 0.25) is 0 Å². The molecule has 2 N–H and O–H groups in total. The molecular weight excluding hydrogens is 419 g/mol. The van der Waals surface area contributed by atoms with Gasteiger partial charge >= 0.3 is 6.36 Å². The molecule has 0 saturated carbocycles. The lowest BCUT2D eigenvalue weighted by Crippen LogP contribution is -2.21. The molecule has 4 rings (SSSR count). The lowest BCUT2D eigenvalue weighted by atomic mass is 10.0. The van der Waals surface area contributed by atoms with E-state index in [-0.39, 0.29) is 5.75 Å². The number of anilines is 1. The fraction of sp³-hybridized carbons (Fsp3) is 0.217. The van der Waals surface area contributed by atoms with Crippen LogP contribution in [0.3, 0.4) is 0 Å². The van der Waals surface area contributed by atoms with Crippen LogP contribution < -0.4 is 10.1 Å². The Morgan fingerprint density at radius 1 is 1.06 bits per heavy atom. The van der Waals surface area contributed by atoms with Gasteiger partial charge in [-0.05, 0) is 43.9 Å². The Morgan fingerprint density at radius 2 is 1.91 bits per heavy atom. The van der Waals surface area contributed by atoms with Crippen LogP contribution in [-0.4, -0.2) is 53.4 Å². The molecular formula is C23H22F3N5O. The third-order valence-electron chi connectivity index (χ3n) is 4.86. The van der Waals surface area contributed by atoms with Crippen molar-refractivity contribution in [3.05, 3.63) is 61.1 Å². The second kappa shape index (κ2) is 8.88. The maximum atomic E-state index is 12.6. The molecule has 0 aliphatic rings. The zero-order chi connectivity index (χ0) is 22.7. The summed E-state index contributed by atoms with van der Waals surface area (Å²) in [5, 5.41) is 4.11. The van der Waals surface area contributed by atoms with Gasteiger partial charge in [-0.15, -0.1) is 13.2 Å². The van der Waals surface area contributed by atoms with Crippen molar-refractivity contribution >= 4 is 16.7 Å². The van der Waals surface area contributed by atoms with E-state index in [0.717, 1.165) is 35.1 Å². The standard InChI is InChI=1S/C23H22F3N5O/c1-31(2)9-8-28-22-14-27-13-21(30-22)16-6-7-20-18(11-16)19(12-29-20)15-4-3-5-17(10-15)32-23(24,25)26/h3-7,10-14,29H,8-9H2,1-2H3,(H,28,30). The van der Waals surface area contributed by atoms with Crippen molar-refractivity contribution in [2.45, 2.75) is 6.36 Å². The summed E-state index contributed by atoms with van der Waals surface area (Å²) in [4.78, 5) is 14.2. The van der Waals surface area contributed by atoms with Crippen molar-refractivity contribution in [3.8, 4) is 28.1 Å². The van der Waals surface area contributed by atoms with Gasteiger partial charge in [0, 0.05) is 41.3 Å². The van der Waals surface area contributed by atoms with Crippen molar-refractivity contribution < 1.29 is 17.9 Å². The highest BCUT2D eigenvalue weighted by Crippen LogP contribution is 2.34. The number of H-pyrrole nitrogens is 1. The van der Waals surface area contributed by atoms with Gasteiger partial charge in [-0.1, -0.05) is 18.2 Å². The molecule has 0 amide bonds. The van der Waals surface area contributed by atoms with Crippen molar-refractivity contribution in [1.29, 1.82) is 0 Å². The van der Waals surface area contributed by atoms with Gasteiger partial charge in [-0.25, -0.2) is 4.98 Å². The summed E-state index contributed by atoms with van der Waals surface area (Å²) in [5.41, 5.74) is 3.79. The van der Waals surface area contributed by atoms with Gasteiger partial charge in [0.1, 0.15) is 11.6 Å². The molecule has 0 atom stereocenters. The van der Waals surface area contributed by atoms with Crippen LogP contribution in [0.25, 0.3) is 33.3 Å². The number of alkyl halides is 3. The monoisotopic (exact) mass is 441 g/mol. The Bertz CT molecular complexity index is 1220. The Morgan fingerprint density at radius 3 is 2.69 bits per heavy atom. The molecule has 4 aromatic rings. The molecule has 2 aromatic heterocycles. The van der Waals surface area contributed by atoms with E-state index < -0.39 is 6.36 Å². The van der Waals surface area contributed by atoms with Crippen LogP contribution in [0.4, 0.5) is 19.0 Å². The average Bonchev–Trinajstić information content (AvgIpc) is 3.16. The number of nitrogens with one attached hydrogen (secondary N) is 2. The third-order valence-corrected chi connectivity index (χ3v) is 4.86. The van der Waals surface area contributed by atoms with Gasteiger partial charge in [0.05, 0.1) is 18.1 Å². The molecule has 2 aromatic carbocycles. The van der Waals surface area contributed by atoms with Crippen LogP contribution in [0.15, 0.2) is 61.1 Å². The lowest BCUT2D eigenvalue weighted by Gasteiger charge is -2.11. The number of hydrogen-bond donors (Lipinski definition) is 2. The maximum Gasteiger partial charge on any atom is 0.573 e. The highest BCUT2D eigenvalue weighted by atomic mass is 19.4. The third kappa shape index (κ3) is 5.17. The highest BCUT2D eigenvalue weighted by Gasteiger charge is 2.31. The minimum absolute atomic E-state index is 0.261. The summed E-state index contributed by atoms with van der Waals surface area (Å²) in [5.74, 6) is 0.415. The molecule has 0 bridgehead atoms. The van der Waals surface area contributed by atoms with Crippen molar-refractivity contribution in [1.82, 2.24) is 19.9 Å². The van der Waals surface area contributed by atoms with Crippen LogP contribution in [0.2, 0.25) is 0 Å². The van der Waals surface area contributed by atoms with Crippen LogP contribution in [0.1, 0.15) is 0 Å². The Kier molecular flexibility index (Phi) is 6.00. The molecule has 9 heteroatoms. The molecule has 0 aliphatic heterocycles. The van der Waals surface area contributed by atoms with Crippen LogP contribution in [0, 0.1) is 0 Å². The predicted octanol–water partition coefficient (Wildman–Crippen LogP) is 5.16. The lowest BCUT2D eigenvalue weighted by molar-refractivity contribution is -0.274. The number of rotatable bonds is 7. The van der Waals surface area contributed by atoms with Gasteiger partial charge in [0.15, 0.2) is 0 Å². The largest absolute Gasteiger partial charge is 0.573 e. The van der Waals surface area contributed by atoms with E-state index in [1.165, 1.54) is 18.2 Å². The minimum atomic E-state index is -4.74. The summed E-state index contributed by atoms with van der Waals surface area (Å²) in [6.07, 6.45) is 0.385. The molecule has 0 radical (unpaired) electrons. The zero-order valence-corrected chi connectivity index (χ0v) is 17.6. The van der Waals surface area contributed by atoms with Crippen LogP contribution in [0.5, 0.6) is 5.75 Å². The van der Waals surface area contributed by atoms with Crippen LogP contribution >= 0.6 is 0 Å². The van der Waals surface area contributed by atoms with E-state index in [1.54, 1.807) is 24.7 Å². The van der Waals surface area contributed by atoms with Gasteiger partial charge in [0.25, 0.3) is 0 Å².